The van der Waals surface area contributed by atoms with Gasteiger partial charge in [0, 0.05) is 14.1 Å². The molecule has 1 unspecified atom stereocenters. The van der Waals surface area contributed by atoms with E-state index in [0.29, 0.717) is 11.0 Å². The van der Waals surface area contributed by atoms with Gasteiger partial charge in [-0.15, -0.1) is 10.2 Å². The molecule has 0 bridgehead atoms. The van der Waals surface area contributed by atoms with Gasteiger partial charge in [-0.3, -0.25) is 0 Å². The molecule has 0 amide bonds. The number of aryl methyl sites for hydroxylation is 2. The number of thiol groups is 1. The second-order valence-electron chi connectivity index (χ2n) is 2.72. The molecule has 0 radical (unpaired) electrons. The Morgan fingerprint density at radius 1 is 1.13 bits per heavy atom. The Bertz CT molecular complexity index is 449. The molecule has 0 spiro atoms. The highest BCUT2D eigenvalue weighted by molar-refractivity contribution is 8.09. The molecule has 2 aromatic rings. The van der Waals surface area contributed by atoms with E-state index in [1.165, 1.54) is 11.8 Å². The maximum absolute atomic E-state index is 4.38. The van der Waals surface area contributed by atoms with Gasteiger partial charge < -0.3 is 0 Å². The van der Waals surface area contributed by atoms with E-state index in [1.807, 2.05) is 0 Å². The molecule has 2 aromatic heterocycles. The van der Waals surface area contributed by atoms with Crippen molar-refractivity contribution in [3.63, 3.8) is 0 Å². The summed E-state index contributed by atoms with van der Waals surface area (Å²) in [4.78, 5) is 0. The van der Waals surface area contributed by atoms with Crippen LogP contribution in [0.4, 0.5) is 0 Å². The first kappa shape index (κ1) is 10.4. The summed E-state index contributed by atoms with van der Waals surface area (Å²) in [6, 6.07) is 0. The van der Waals surface area contributed by atoms with Crippen LogP contribution in [0.25, 0.3) is 0 Å². The smallest absolute Gasteiger partial charge is 0.210 e. The predicted octanol–water partition coefficient (Wildman–Crippen LogP) is -0.546. The van der Waals surface area contributed by atoms with Gasteiger partial charge >= 0.3 is 0 Å². The number of rotatable bonds is 3. The van der Waals surface area contributed by atoms with Gasteiger partial charge in [-0.2, -0.15) is 12.6 Å². The fraction of sp³-hybridized carbons (Fsp3) is 0.600. The van der Waals surface area contributed by atoms with Crippen molar-refractivity contribution >= 4 is 24.4 Å². The summed E-state index contributed by atoms with van der Waals surface area (Å²) in [5.74, 6) is 0.659. The quantitative estimate of drug-likeness (QED) is 0.440. The van der Waals surface area contributed by atoms with Crippen LogP contribution in [0.2, 0.25) is 0 Å². The molecule has 0 aliphatic rings. The van der Waals surface area contributed by atoms with Crippen LogP contribution in [-0.2, 0) is 14.1 Å². The zero-order chi connectivity index (χ0) is 10.8. The maximum Gasteiger partial charge on any atom is 0.210 e. The Kier molecular flexibility index (Phi) is 2.86. The average molecular weight is 244 g/mol. The van der Waals surface area contributed by atoms with Crippen LogP contribution in [0.3, 0.4) is 0 Å². The molecule has 8 nitrogen and oxygen atoms in total. The normalized spacial score (nSPS) is 13.0. The molecule has 0 aliphatic heterocycles. The lowest BCUT2D eigenvalue weighted by molar-refractivity contribution is 0.663. The Balaban J connectivity index is 2.14. The van der Waals surface area contributed by atoms with Crippen LogP contribution in [-0.4, -0.2) is 40.4 Å². The lowest BCUT2D eigenvalue weighted by atomic mass is 10.7. The zero-order valence-electron chi connectivity index (χ0n) is 8.01. The van der Waals surface area contributed by atoms with E-state index >= 15 is 0 Å². The van der Waals surface area contributed by atoms with Gasteiger partial charge in [-0.05, 0) is 20.9 Å². The van der Waals surface area contributed by atoms with Gasteiger partial charge in [-0.25, -0.2) is 9.36 Å². The molecule has 1 atom stereocenters. The van der Waals surface area contributed by atoms with E-state index < -0.39 is 0 Å². The third-order valence-corrected chi connectivity index (χ3v) is 3.21. The maximum atomic E-state index is 4.38. The van der Waals surface area contributed by atoms with Crippen LogP contribution in [0.15, 0.2) is 5.16 Å². The second-order valence-corrected chi connectivity index (χ2v) is 4.65. The Morgan fingerprint density at radius 2 is 1.80 bits per heavy atom. The number of hydrogen-bond donors (Lipinski definition) is 1. The largest absolute Gasteiger partial charge is 0.231 e. The SMILES string of the molecule is Cn1nnnc1SC(S)c1nnnn1C. The van der Waals surface area contributed by atoms with Crippen molar-refractivity contribution < 1.29 is 0 Å². The Morgan fingerprint density at radius 3 is 2.33 bits per heavy atom. The Labute approximate surface area is 94.8 Å². The number of thioether (sulfide) groups is 1. The number of nitrogens with zero attached hydrogens (tertiary/aromatic N) is 8. The summed E-state index contributed by atoms with van der Waals surface area (Å²) < 4.78 is 2.93. The first-order valence-electron chi connectivity index (χ1n) is 3.98. The predicted molar refractivity (Wildman–Crippen MR) is 55.2 cm³/mol. The second kappa shape index (κ2) is 4.14. The van der Waals surface area contributed by atoms with Crippen molar-refractivity contribution in [2.45, 2.75) is 9.74 Å². The van der Waals surface area contributed by atoms with Crippen LogP contribution >= 0.6 is 24.4 Å². The average Bonchev–Trinajstić information content (AvgIpc) is 2.76. The van der Waals surface area contributed by atoms with Crippen LogP contribution in [0.1, 0.15) is 10.4 Å². The number of hydrogen-bond acceptors (Lipinski definition) is 8. The minimum absolute atomic E-state index is 0.199. The fourth-order valence-corrected chi connectivity index (χ4v) is 2.20. The first-order valence-corrected chi connectivity index (χ1v) is 5.37. The molecule has 15 heavy (non-hydrogen) atoms. The molecular formula is C5H8N8S2. The van der Waals surface area contributed by atoms with Crippen molar-refractivity contribution in [3.8, 4) is 0 Å². The van der Waals surface area contributed by atoms with Gasteiger partial charge in [0.15, 0.2) is 5.82 Å². The van der Waals surface area contributed by atoms with Crippen LogP contribution in [0, 0.1) is 0 Å². The van der Waals surface area contributed by atoms with Crippen molar-refractivity contribution in [1.82, 2.24) is 40.4 Å². The number of tetrazole rings is 2. The molecule has 0 aromatic carbocycles. The highest BCUT2D eigenvalue weighted by Gasteiger charge is 2.17. The molecule has 0 aliphatic carbocycles. The molecule has 2 rings (SSSR count). The van der Waals surface area contributed by atoms with Crippen molar-refractivity contribution in [2.24, 2.45) is 14.1 Å². The third-order valence-electron chi connectivity index (χ3n) is 1.67. The monoisotopic (exact) mass is 244 g/mol. The highest BCUT2D eigenvalue weighted by Crippen LogP contribution is 2.34. The van der Waals surface area contributed by atoms with Gasteiger partial charge in [-0.1, -0.05) is 11.8 Å². The van der Waals surface area contributed by atoms with Gasteiger partial charge in [0.1, 0.15) is 4.58 Å². The van der Waals surface area contributed by atoms with E-state index in [-0.39, 0.29) is 4.58 Å². The topological polar surface area (TPSA) is 87.2 Å². The van der Waals surface area contributed by atoms with Gasteiger partial charge in [0.05, 0.1) is 0 Å². The molecule has 2 heterocycles. The van der Waals surface area contributed by atoms with Crippen LogP contribution in [0.5, 0.6) is 0 Å². The van der Waals surface area contributed by atoms with Crippen LogP contribution < -0.4 is 0 Å². The summed E-state index contributed by atoms with van der Waals surface area (Å²) in [5, 5.41) is 22.9. The summed E-state index contributed by atoms with van der Waals surface area (Å²) >= 11 is 5.76. The minimum atomic E-state index is -0.199. The minimum Gasteiger partial charge on any atom is -0.231 e. The van der Waals surface area contributed by atoms with E-state index in [9.17, 15) is 0 Å². The van der Waals surface area contributed by atoms with Crippen molar-refractivity contribution in [1.29, 1.82) is 0 Å². The molecule has 0 saturated carbocycles. The van der Waals surface area contributed by atoms with Crippen molar-refractivity contribution in [3.05, 3.63) is 5.82 Å². The summed E-state index contributed by atoms with van der Waals surface area (Å²) in [7, 11) is 3.52. The van der Waals surface area contributed by atoms with Gasteiger partial charge in [0.2, 0.25) is 5.16 Å². The van der Waals surface area contributed by atoms with Crippen molar-refractivity contribution in [2.75, 3.05) is 0 Å². The molecule has 0 N–H and O–H groups in total. The third kappa shape index (κ3) is 2.09. The summed E-state index contributed by atoms with van der Waals surface area (Å²) in [5.41, 5.74) is 0. The van der Waals surface area contributed by atoms with E-state index in [2.05, 4.69) is 43.7 Å². The van der Waals surface area contributed by atoms with E-state index in [4.69, 9.17) is 0 Å². The lowest BCUT2D eigenvalue weighted by Crippen LogP contribution is -2.01. The van der Waals surface area contributed by atoms with E-state index in [1.54, 1.807) is 23.5 Å². The fourth-order valence-electron chi connectivity index (χ4n) is 0.919. The first-order chi connectivity index (χ1) is 7.18. The molecular weight excluding hydrogens is 236 g/mol. The lowest BCUT2D eigenvalue weighted by Gasteiger charge is -2.05. The zero-order valence-corrected chi connectivity index (χ0v) is 9.72. The highest BCUT2D eigenvalue weighted by atomic mass is 32.2. The summed E-state index contributed by atoms with van der Waals surface area (Å²) in [6.45, 7) is 0. The molecule has 80 valence electrons. The molecule has 0 saturated heterocycles. The summed E-state index contributed by atoms with van der Waals surface area (Å²) in [6.07, 6.45) is 0. The standard InChI is InChI=1S/C5H8N8S2/c1-12-3(6-8-10-12)4(14)15-5-7-9-11-13(5)2/h4,14H,1-2H3. The van der Waals surface area contributed by atoms with Gasteiger partial charge in [0.25, 0.3) is 0 Å². The van der Waals surface area contributed by atoms with E-state index in [0.717, 1.165) is 0 Å². The number of aromatic nitrogens is 8. The molecule has 0 fully saturated rings. The molecule has 10 heteroatoms. The Hall–Kier alpha value is -1.16.